The SMILES string of the molecule is CC[C@H](C)[C@@H]([C@@H](CC(=O)N1CCC[C@H]1[C@H](OC)[C@@H](C)C(=O)C[C@@H](Cc1ccccc1)C(=O)NS(=O)(=O)CCCn1cc(CN2C(=O)C=CC2=O)nn1)OC)N(C)C(=O)[C@@H](N=C(N(C)C)N(C)C)C(C)C. The molecule has 21 heteroatoms. The maximum absolute atomic E-state index is 14.5. The predicted octanol–water partition coefficient (Wildman–Crippen LogP) is 2.78. The van der Waals surface area contributed by atoms with Gasteiger partial charge in [0.05, 0.1) is 49.2 Å². The number of likely N-dealkylation sites (N-methyl/N-ethyl adjacent to an activating group) is 1. The van der Waals surface area contributed by atoms with Gasteiger partial charge in [0.15, 0.2) is 5.96 Å². The standard InChI is InChI=1S/C49H76N10O10S/c1-13-33(4)45(56(10)48(65)44(32(2)3)50-49(54(6)7)55(8)9)40(68-11)29-43(63)58-25-17-21-38(58)46(69-12)34(5)39(60)28-36(27-35-19-15-14-16-20-35)47(64)52-70(66,67)26-18-24-57-30-37(51-53-57)31-59-41(61)22-23-42(59)62/h14-16,19-20,22-23,30,32-34,36,38,40,44-46H,13,17-18,21,24-29,31H2,1-12H3,(H,52,64)/t33-,34-,36+,38-,40+,44-,45-,46+/m0/s1. The molecule has 0 saturated carbocycles. The molecule has 0 spiro atoms. The molecule has 1 aromatic heterocycles. The molecule has 2 aliphatic heterocycles. The predicted molar refractivity (Wildman–Crippen MR) is 264 cm³/mol. The lowest BCUT2D eigenvalue weighted by Gasteiger charge is -2.40. The zero-order chi connectivity index (χ0) is 52.0. The van der Waals surface area contributed by atoms with E-state index in [1.54, 1.807) is 55.1 Å². The molecule has 4 rings (SSSR count). The third-order valence-corrected chi connectivity index (χ3v) is 14.6. The summed E-state index contributed by atoms with van der Waals surface area (Å²) in [5.74, 6) is -4.22. The van der Waals surface area contributed by atoms with Gasteiger partial charge in [-0.25, -0.2) is 13.4 Å². The van der Waals surface area contributed by atoms with Gasteiger partial charge >= 0.3 is 0 Å². The molecule has 0 unspecified atom stereocenters. The van der Waals surface area contributed by atoms with Crippen LogP contribution >= 0.6 is 0 Å². The number of aryl methyl sites for hydroxylation is 1. The van der Waals surface area contributed by atoms with Crippen LogP contribution in [0.1, 0.15) is 84.4 Å². The van der Waals surface area contributed by atoms with Crippen molar-refractivity contribution < 1.29 is 46.7 Å². The maximum Gasteiger partial charge on any atom is 0.253 e. The second kappa shape index (κ2) is 26.1. The number of rotatable bonds is 26. The molecule has 0 bridgehead atoms. The van der Waals surface area contributed by atoms with Crippen LogP contribution in [0.2, 0.25) is 0 Å². The molecule has 0 radical (unpaired) electrons. The van der Waals surface area contributed by atoms with E-state index in [1.807, 2.05) is 71.8 Å². The Morgan fingerprint density at radius 3 is 2.14 bits per heavy atom. The summed E-state index contributed by atoms with van der Waals surface area (Å²) in [6, 6.07) is 7.39. The van der Waals surface area contributed by atoms with E-state index in [-0.39, 0.29) is 68.2 Å². The molecule has 1 saturated heterocycles. The average molecular weight is 997 g/mol. The minimum atomic E-state index is -4.17. The van der Waals surface area contributed by atoms with E-state index in [9.17, 15) is 37.2 Å². The number of carbonyl (C=O) groups excluding carboxylic acids is 6. The number of aliphatic imine (C=N–C) groups is 1. The highest BCUT2D eigenvalue weighted by Crippen LogP contribution is 2.31. The Morgan fingerprint density at radius 1 is 0.929 bits per heavy atom. The number of likely N-dealkylation sites (tertiary alicyclic amines) is 1. The first-order valence-electron chi connectivity index (χ1n) is 24.1. The quantitative estimate of drug-likeness (QED) is 0.0813. The highest BCUT2D eigenvalue weighted by Gasteiger charge is 2.43. The number of aromatic nitrogens is 3. The molecule has 8 atom stereocenters. The molecule has 1 N–H and O–H groups in total. The number of hydrogen-bond donors (Lipinski definition) is 1. The van der Waals surface area contributed by atoms with Gasteiger partial charge in [-0.3, -0.25) is 43.1 Å². The van der Waals surface area contributed by atoms with Gasteiger partial charge in [-0.15, -0.1) is 5.10 Å². The number of hydrogen-bond acceptors (Lipinski definition) is 13. The number of amides is 5. The summed E-state index contributed by atoms with van der Waals surface area (Å²) in [5, 5.41) is 7.94. The molecule has 70 heavy (non-hydrogen) atoms. The van der Waals surface area contributed by atoms with Crippen LogP contribution in [0.3, 0.4) is 0 Å². The summed E-state index contributed by atoms with van der Waals surface area (Å²) < 4.78 is 42.3. The van der Waals surface area contributed by atoms with Crippen molar-refractivity contribution in [1.82, 2.24) is 44.2 Å². The molecule has 1 fully saturated rings. The van der Waals surface area contributed by atoms with E-state index >= 15 is 0 Å². The molecule has 5 amide bonds. The number of benzene rings is 1. The smallest absolute Gasteiger partial charge is 0.253 e. The van der Waals surface area contributed by atoms with Gasteiger partial charge < -0.3 is 29.1 Å². The van der Waals surface area contributed by atoms with Crippen LogP contribution in [0, 0.1) is 23.7 Å². The normalized spacial score (nSPS) is 18.0. The number of nitrogens with zero attached hydrogens (tertiary/aromatic N) is 9. The van der Waals surface area contributed by atoms with Crippen LogP contribution in [-0.2, 0) is 67.8 Å². The van der Waals surface area contributed by atoms with Crippen molar-refractivity contribution >= 4 is 51.3 Å². The lowest BCUT2D eigenvalue weighted by molar-refractivity contribution is -0.146. The van der Waals surface area contributed by atoms with E-state index in [2.05, 4.69) is 15.0 Å². The highest BCUT2D eigenvalue weighted by atomic mass is 32.2. The van der Waals surface area contributed by atoms with Gasteiger partial charge in [-0.05, 0) is 43.1 Å². The van der Waals surface area contributed by atoms with Gasteiger partial charge in [0.25, 0.3) is 11.8 Å². The molecule has 2 aliphatic rings. The van der Waals surface area contributed by atoms with Crippen molar-refractivity contribution in [2.24, 2.45) is 28.7 Å². The summed E-state index contributed by atoms with van der Waals surface area (Å²) in [4.78, 5) is 93.9. The van der Waals surface area contributed by atoms with E-state index in [1.165, 1.54) is 30.1 Å². The Morgan fingerprint density at radius 2 is 1.57 bits per heavy atom. The molecule has 1 aromatic carbocycles. The minimum Gasteiger partial charge on any atom is -0.379 e. The summed E-state index contributed by atoms with van der Waals surface area (Å²) >= 11 is 0. The first kappa shape index (κ1) is 57.0. The van der Waals surface area contributed by atoms with Gasteiger partial charge in [0, 0.05) is 93.0 Å². The fourth-order valence-electron chi connectivity index (χ4n) is 9.35. The van der Waals surface area contributed by atoms with Crippen LogP contribution in [0.15, 0.2) is 53.7 Å². The summed E-state index contributed by atoms with van der Waals surface area (Å²) in [6.07, 6.45) is 4.24. The Labute approximate surface area is 414 Å². The average Bonchev–Trinajstić information content (AvgIpc) is 4.06. The third kappa shape index (κ3) is 15.2. The molecule has 3 heterocycles. The topological polar surface area (TPSA) is 226 Å². The lowest BCUT2D eigenvalue weighted by atomic mass is 9.85. The van der Waals surface area contributed by atoms with Gasteiger partial charge in [-0.2, -0.15) is 0 Å². The molecule has 20 nitrogen and oxygen atoms in total. The van der Waals surface area contributed by atoms with Crippen LogP contribution < -0.4 is 4.72 Å². The fourth-order valence-corrected chi connectivity index (χ4v) is 10.4. The maximum atomic E-state index is 14.5. The molecule has 388 valence electrons. The van der Waals surface area contributed by atoms with E-state index < -0.39 is 75.7 Å². The Kier molecular flexibility index (Phi) is 21.2. The third-order valence-electron chi connectivity index (χ3n) is 13.3. The number of nitrogens with one attached hydrogen (secondary N) is 1. The van der Waals surface area contributed by atoms with E-state index in [0.717, 1.165) is 16.9 Å². The lowest BCUT2D eigenvalue weighted by Crippen LogP contribution is -2.55. The van der Waals surface area contributed by atoms with Crippen molar-refractivity contribution in [3.8, 4) is 0 Å². The Bertz CT molecular complexity index is 2260. The molecule has 2 aromatic rings. The summed E-state index contributed by atoms with van der Waals surface area (Å²) in [5.41, 5.74) is 1.08. The van der Waals surface area contributed by atoms with Gasteiger partial charge in [0.1, 0.15) is 17.5 Å². The van der Waals surface area contributed by atoms with E-state index in [0.29, 0.717) is 31.0 Å². The fraction of sp³-hybridized carbons (Fsp3) is 0.653. The van der Waals surface area contributed by atoms with Crippen molar-refractivity contribution in [2.45, 2.75) is 123 Å². The second-order valence-electron chi connectivity index (χ2n) is 19.3. The number of sulfonamides is 1. The first-order valence-corrected chi connectivity index (χ1v) is 25.8. The van der Waals surface area contributed by atoms with Crippen molar-refractivity contribution in [2.75, 3.05) is 61.8 Å². The van der Waals surface area contributed by atoms with Crippen LogP contribution in [0.25, 0.3) is 0 Å². The van der Waals surface area contributed by atoms with Crippen LogP contribution in [0.4, 0.5) is 0 Å². The van der Waals surface area contributed by atoms with Crippen molar-refractivity contribution in [1.29, 1.82) is 0 Å². The van der Waals surface area contributed by atoms with Crippen molar-refractivity contribution in [3.63, 3.8) is 0 Å². The molecular weight excluding hydrogens is 921 g/mol. The minimum absolute atomic E-state index is 0.0245. The number of imide groups is 1. The number of ether oxygens (including phenoxy) is 2. The molecule has 0 aliphatic carbocycles. The number of ketones is 1. The molecular formula is C49H76N10O10S. The van der Waals surface area contributed by atoms with Gasteiger partial charge in [0.2, 0.25) is 27.7 Å². The van der Waals surface area contributed by atoms with E-state index in [4.69, 9.17) is 14.5 Å². The largest absolute Gasteiger partial charge is 0.379 e. The zero-order valence-electron chi connectivity index (χ0n) is 43.1. The summed E-state index contributed by atoms with van der Waals surface area (Å²) in [7, 11) is 8.14. The Hall–Kier alpha value is -5.54. The van der Waals surface area contributed by atoms with Crippen LogP contribution in [0.5, 0.6) is 0 Å². The number of guanidine groups is 1. The summed E-state index contributed by atoms with van der Waals surface area (Å²) in [6.45, 7) is 10.2. The number of methoxy groups -OCH3 is 2. The number of carbonyl (C=O) groups is 6. The van der Waals surface area contributed by atoms with Crippen molar-refractivity contribution in [3.05, 3.63) is 59.9 Å². The van der Waals surface area contributed by atoms with Gasteiger partial charge in [-0.1, -0.05) is 76.6 Å². The van der Waals surface area contributed by atoms with Crippen LogP contribution in [-0.4, -0.2) is 181 Å². The zero-order valence-corrected chi connectivity index (χ0v) is 43.9. The Balaban J connectivity index is 1.45. The highest BCUT2D eigenvalue weighted by molar-refractivity contribution is 7.90. The second-order valence-corrected chi connectivity index (χ2v) is 21.1. The number of Topliss-reactive ketones (excluding diaryl/α,β-unsaturated/α-hetero) is 1. The first-order chi connectivity index (χ1) is 33.0. The monoisotopic (exact) mass is 997 g/mol.